The molecule has 0 radical (unpaired) electrons. The molecule has 0 saturated heterocycles. The molecule has 2 heteroatoms. The second-order valence-electron chi connectivity index (χ2n) is 5.14. The van der Waals surface area contributed by atoms with Crippen molar-refractivity contribution in [3.8, 4) is 0 Å². The number of hydrogen-bond acceptors (Lipinski definition) is 2. The summed E-state index contributed by atoms with van der Waals surface area (Å²) in [6.07, 6.45) is 2.53. The zero-order valence-electron chi connectivity index (χ0n) is 12.2. The van der Waals surface area contributed by atoms with E-state index >= 15 is 0 Å². The molecule has 0 heterocycles. The highest BCUT2D eigenvalue weighted by atomic mass is 15.1. The van der Waals surface area contributed by atoms with Gasteiger partial charge in [0.05, 0.1) is 0 Å². The van der Waals surface area contributed by atoms with Crippen molar-refractivity contribution in [2.45, 2.75) is 66.5 Å². The highest BCUT2D eigenvalue weighted by Gasteiger charge is 2.16. The summed E-state index contributed by atoms with van der Waals surface area (Å²) in [5.74, 6) is 0.817. The monoisotopic (exact) mass is 228 g/mol. The van der Waals surface area contributed by atoms with E-state index < -0.39 is 0 Å². The summed E-state index contributed by atoms with van der Waals surface area (Å²) in [6, 6.07) is 1.32. The van der Waals surface area contributed by atoms with Crippen molar-refractivity contribution in [1.82, 2.24) is 10.2 Å². The first kappa shape index (κ1) is 15.9. The summed E-state index contributed by atoms with van der Waals surface area (Å²) in [4.78, 5) is 2.61. The van der Waals surface area contributed by atoms with Gasteiger partial charge in [-0.2, -0.15) is 0 Å². The Balaban J connectivity index is 4.03. The molecule has 3 unspecified atom stereocenters. The fourth-order valence-corrected chi connectivity index (χ4v) is 2.24. The molecule has 0 aromatic rings. The minimum atomic E-state index is 0.631. The largest absolute Gasteiger partial charge is 0.314 e. The standard InChI is InChI=1S/C14H32N2/c1-7-12(4)11-16(9-3)14(6)10-13(5)15-8-2/h12-15H,7-11H2,1-6H3. The molecule has 1 N–H and O–H groups in total. The molecule has 0 saturated carbocycles. The molecule has 98 valence electrons. The summed E-state index contributed by atoms with van der Waals surface area (Å²) in [6.45, 7) is 17.2. The summed E-state index contributed by atoms with van der Waals surface area (Å²) < 4.78 is 0. The lowest BCUT2D eigenvalue weighted by molar-refractivity contribution is 0.172. The average molecular weight is 228 g/mol. The van der Waals surface area contributed by atoms with E-state index in [1.807, 2.05) is 0 Å². The van der Waals surface area contributed by atoms with Crippen molar-refractivity contribution in [2.24, 2.45) is 5.92 Å². The Bertz CT molecular complexity index is 159. The van der Waals surface area contributed by atoms with Gasteiger partial charge in [0.15, 0.2) is 0 Å². The Morgan fingerprint density at radius 3 is 2.12 bits per heavy atom. The molecule has 2 nitrogen and oxygen atoms in total. The molecule has 3 atom stereocenters. The van der Waals surface area contributed by atoms with Gasteiger partial charge in [-0.3, -0.25) is 0 Å². The Morgan fingerprint density at radius 1 is 1.06 bits per heavy atom. The van der Waals surface area contributed by atoms with Gasteiger partial charge in [0, 0.05) is 18.6 Å². The molecule has 0 bridgehead atoms. The molecule has 0 aromatic carbocycles. The van der Waals surface area contributed by atoms with Gasteiger partial charge in [-0.1, -0.05) is 34.1 Å². The van der Waals surface area contributed by atoms with Crippen molar-refractivity contribution < 1.29 is 0 Å². The number of nitrogens with one attached hydrogen (secondary N) is 1. The number of rotatable bonds is 9. The molecule has 0 aliphatic heterocycles. The zero-order valence-corrected chi connectivity index (χ0v) is 12.2. The van der Waals surface area contributed by atoms with Gasteiger partial charge in [-0.25, -0.2) is 0 Å². The summed E-state index contributed by atoms with van der Waals surface area (Å²) >= 11 is 0. The van der Waals surface area contributed by atoms with Crippen LogP contribution in [0.4, 0.5) is 0 Å². The molecular formula is C14H32N2. The van der Waals surface area contributed by atoms with Crippen LogP contribution in [-0.4, -0.2) is 36.6 Å². The van der Waals surface area contributed by atoms with E-state index in [9.17, 15) is 0 Å². The Kier molecular flexibility index (Phi) is 8.96. The zero-order chi connectivity index (χ0) is 12.6. The van der Waals surface area contributed by atoms with E-state index in [4.69, 9.17) is 0 Å². The fourth-order valence-electron chi connectivity index (χ4n) is 2.24. The van der Waals surface area contributed by atoms with Crippen LogP contribution in [0.5, 0.6) is 0 Å². The van der Waals surface area contributed by atoms with Crippen LogP contribution in [0.2, 0.25) is 0 Å². The van der Waals surface area contributed by atoms with Crippen molar-refractivity contribution in [3.63, 3.8) is 0 Å². The smallest absolute Gasteiger partial charge is 0.00816 e. The Morgan fingerprint density at radius 2 is 1.69 bits per heavy atom. The Labute approximate surface area is 103 Å². The molecule has 0 aromatic heterocycles. The van der Waals surface area contributed by atoms with Crippen LogP contribution in [0.1, 0.15) is 54.4 Å². The number of nitrogens with zero attached hydrogens (tertiary/aromatic N) is 1. The first-order chi connectivity index (χ1) is 7.54. The molecule has 0 spiro atoms. The summed E-state index contributed by atoms with van der Waals surface area (Å²) in [5.41, 5.74) is 0. The van der Waals surface area contributed by atoms with Crippen molar-refractivity contribution in [1.29, 1.82) is 0 Å². The van der Waals surface area contributed by atoms with Gasteiger partial charge >= 0.3 is 0 Å². The van der Waals surface area contributed by atoms with Gasteiger partial charge < -0.3 is 10.2 Å². The van der Waals surface area contributed by atoms with Gasteiger partial charge in [-0.15, -0.1) is 0 Å². The summed E-state index contributed by atoms with van der Waals surface area (Å²) in [7, 11) is 0. The molecule has 0 rings (SSSR count). The second-order valence-corrected chi connectivity index (χ2v) is 5.14. The lowest BCUT2D eigenvalue weighted by atomic mass is 10.0. The Hall–Kier alpha value is -0.0800. The third-order valence-corrected chi connectivity index (χ3v) is 3.52. The summed E-state index contributed by atoms with van der Waals surface area (Å²) in [5, 5.41) is 3.50. The van der Waals surface area contributed by atoms with Crippen LogP contribution in [0.25, 0.3) is 0 Å². The van der Waals surface area contributed by atoms with E-state index in [-0.39, 0.29) is 0 Å². The van der Waals surface area contributed by atoms with Crippen LogP contribution in [-0.2, 0) is 0 Å². The van der Waals surface area contributed by atoms with Crippen molar-refractivity contribution >= 4 is 0 Å². The molecule has 0 aliphatic rings. The maximum Gasteiger partial charge on any atom is 0.00816 e. The van der Waals surface area contributed by atoms with E-state index in [1.165, 1.54) is 25.9 Å². The average Bonchev–Trinajstić information content (AvgIpc) is 2.25. The quantitative estimate of drug-likeness (QED) is 0.652. The van der Waals surface area contributed by atoms with Gasteiger partial charge in [0.1, 0.15) is 0 Å². The minimum absolute atomic E-state index is 0.631. The van der Waals surface area contributed by atoms with Crippen LogP contribution >= 0.6 is 0 Å². The third-order valence-electron chi connectivity index (χ3n) is 3.52. The third kappa shape index (κ3) is 6.49. The number of hydrogen-bond donors (Lipinski definition) is 1. The molecule has 0 aliphatic carbocycles. The molecule has 16 heavy (non-hydrogen) atoms. The highest BCUT2D eigenvalue weighted by molar-refractivity contribution is 4.73. The lowest BCUT2D eigenvalue weighted by Gasteiger charge is -2.32. The van der Waals surface area contributed by atoms with Gasteiger partial charge in [0.2, 0.25) is 0 Å². The van der Waals surface area contributed by atoms with Crippen LogP contribution in [0.15, 0.2) is 0 Å². The lowest BCUT2D eigenvalue weighted by Crippen LogP contribution is -2.40. The second kappa shape index (κ2) is 9.00. The normalized spacial score (nSPS) is 17.4. The van der Waals surface area contributed by atoms with E-state index in [0.29, 0.717) is 12.1 Å². The molecule has 0 fully saturated rings. The van der Waals surface area contributed by atoms with E-state index in [0.717, 1.165) is 12.5 Å². The highest BCUT2D eigenvalue weighted by Crippen LogP contribution is 2.11. The van der Waals surface area contributed by atoms with E-state index in [2.05, 4.69) is 51.8 Å². The van der Waals surface area contributed by atoms with Crippen LogP contribution in [0, 0.1) is 5.92 Å². The fraction of sp³-hybridized carbons (Fsp3) is 1.00. The predicted octanol–water partition coefficient (Wildman–Crippen LogP) is 3.13. The van der Waals surface area contributed by atoms with Gasteiger partial charge in [0.25, 0.3) is 0 Å². The SMILES string of the molecule is CCNC(C)CC(C)N(CC)CC(C)CC. The van der Waals surface area contributed by atoms with E-state index in [1.54, 1.807) is 0 Å². The maximum atomic E-state index is 3.50. The minimum Gasteiger partial charge on any atom is -0.314 e. The molecule has 0 amide bonds. The van der Waals surface area contributed by atoms with Crippen LogP contribution < -0.4 is 5.32 Å². The van der Waals surface area contributed by atoms with Crippen molar-refractivity contribution in [3.05, 3.63) is 0 Å². The first-order valence-corrected chi connectivity index (χ1v) is 7.02. The van der Waals surface area contributed by atoms with Gasteiger partial charge in [-0.05, 0) is 39.3 Å². The van der Waals surface area contributed by atoms with Crippen LogP contribution in [0.3, 0.4) is 0 Å². The maximum absolute atomic E-state index is 3.50. The topological polar surface area (TPSA) is 15.3 Å². The van der Waals surface area contributed by atoms with Crippen molar-refractivity contribution in [2.75, 3.05) is 19.6 Å². The molecular weight excluding hydrogens is 196 g/mol. The first-order valence-electron chi connectivity index (χ1n) is 7.02. The predicted molar refractivity (Wildman–Crippen MR) is 73.9 cm³/mol.